The molecule has 1 fully saturated rings. The molecule has 0 radical (unpaired) electrons. The highest BCUT2D eigenvalue weighted by Crippen LogP contribution is 2.34. The lowest BCUT2D eigenvalue weighted by molar-refractivity contribution is 0.267. The van der Waals surface area contributed by atoms with Crippen LogP contribution in [0.5, 0.6) is 0 Å². The highest BCUT2D eigenvalue weighted by Gasteiger charge is 2.28. The molecule has 18 heavy (non-hydrogen) atoms. The summed E-state index contributed by atoms with van der Waals surface area (Å²) in [4.78, 5) is 2.58. The van der Waals surface area contributed by atoms with E-state index in [9.17, 15) is 0 Å². The lowest BCUT2D eigenvalue weighted by Gasteiger charge is -2.31. The van der Waals surface area contributed by atoms with Gasteiger partial charge in [-0.3, -0.25) is 4.90 Å². The fourth-order valence-electron chi connectivity index (χ4n) is 3.28. The molecular formula is C16H24N2. The van der Waals surface area contributed by atoms with Crippen LogP contribution in [0.3, 0.4) is 0 Å². The summed E-state index contributed by atoms with van der Waals surface area (Å²) in [5.74, 6) is 0.759. The molecule has 1 aliphatic carbocycles. The summed E-state index contributed by atoms with van der Waals surface area (Å²) >= 11 is 0. The second kappa shape index (κ2) is 5.02. The van der Waals surface area contributed by atoms with Crippen molar-refractivity contribution in [3.8, 4) is 0 Å². The van der Waals surface area contributed by atoms with Crippen molar-refractivity contribution in [2.45, 2.75) is 44.7 Å². The lowest BCUT2D eigenvalue weighted by Crippen LogP contribution is -2.38. The number of nitrogens with zero attached hydrogens (tertiary/aromatic N) is 1. The summed E-state index contributed by atoms with van der Waals surface area (Å²) in [6, 6.07) is 10.3. The molecule has 98 valence electrons. The second-order valence-electron chi connectivity index (χ2n) is 6.08. The van der Waals surface area contributed by atoms with E-state index in [4.69, 9.17) is 0 Å². The first kappa shape index (κ1) is 12.2. The Balaban J connectivity index is 1.47. The third kappa shape index (κ3) is 2.32. The maximum absolute atomic E-state index is 3.77. The van der Waals surface area contributed by atoms with Crippen LogP contribution in [0.1, 0.15) is 37.3 Å². The van der Waals surface area contributed by atoms with Crippen LogP contribution in [-0.2, 0) is 6.42 Å². The Morgan fingerprint density at radius 2 is 2.17 bits per heavy atom. The zero-order chi connectivity index (χ0) is 12.5. The van der Waals surface area contributed by atoms with E-state index in [2.05, 4.69) is 48.3 Å². The Hall–Kier alpha value is -0.860. The molecule has 2 nitrogen and oxygen atoms in total. The van der Waals surface area contributed by atoms with Crippen LogP contribution in [0, 0.1) is 0 Å². The first-order chi connectivity index (χ1) is 8.74. The minimum atomic E-state index is 0.696. The number of hydrogen-bond acceptors (Lipinski definition) is 2. The van der Waals surface area contributed by atoms with Gasteiger partial charge in [0.05, 0.1) is 0 Å². The standard InChI is InChI=1S/C16H24N2/c1-12(2)18-8-7-15(11-18)17-10-14-9-13-5-3-4-6-16(13)14/h3-6,12,14-15,17H,7-11H2,1-2H3. The molecule has 2 atom stereocenters. The average Bonchev–Trinajstić information content (AvgIpc) is 2.79. The molecule has 0 spiro atoms. The van der Waals surface area contributed by atoms with E-state index in [0.29, 0.717) is 12.1 Å². The molecule has 1 saturated heterocycles. The van der Waals surface area contributed by atoms with Crippen molar-refractivity contribution in [3.05, 3.63) is 35.4 Å². The van der Waals surface area contributed by atoms with Gasteiger partial charge in [-0.25, -0.2) is 0 Å². The van der Waals surface area contributed by atoms with Gasteiger partial charge in [0.15, 0.2) is 0 Å². The lowest BCUT2D eigenvalue weighted by atomic mass is 9.77. The monoisotopic (exact) mass is 244 g/mol. The normalized spacial score (nSPS) is 27.3. The predicted octanol–water partition coefficient (Wildman–Crippen LogP) is 2.40. The largest absolute Gasteiger partial charge is 0.312 e. The zero-order valence-electron chi connectivity index (χ0n) is 11.5. The third-order valence-corrected chi connectivity index (χ3v) is 4.56. The number of fused-ring (bicyclic) bond motifs is 1. The summed E-state index contributed by atoms with van der Waals surface area (Å²) in [6.07, 6.45) is 2.58. The third-order valence-electron chi connectivity index (χ3n) is 4.56. The SMILES string of the molecule is CC(C)N1CCC(NCC2Cc3ccccc32)C1. The molecule has 3 rings (SSSR count). The van der Waals surface area contributed by atoms with E-state index in [1.165, 1.54) is 25.9 Å². The number of hydrogen-bond donors (Lipinski definition) is 1. The first-order valence-corrected chi connectivity index (χ1v) is 7.29. The molecule has 1 aromatic rings. The van der Waals surface area contributed by atoms with Crippen molar-refractivity contribution in [1.29, 1.82) is 0 Å². The highest BCUT2D eigenvalue weighted by atomic mass is 15.2. The highest BCUT2D eigenvalue weighted by molar-refractivity contribution is 5.40. The van der Waals surface area contributed by atoms with Gasteiger partial charge in [0.25, 0.3) is 0 Å². The fourth-order valence-corrected chi connectivity index (χ4v) is 3.28. The predicted molar refractivity (Wildman–Crippen MR) is 76.0 cm³/mol. The topological polar surface area (TPSA) is 15.3 Å². The zero-order valence-corrected chi connectivity index (χ0v) is 11.5. The van der Waals surface area contributed by atoms with Crippen LogP contribution in [0.25, 0.3) is 0 Å². The molecule has 1 aromatic carbocycles. The summed E-state index contributed by atoms with van der Waals surface area (Å²) in [5.41, 5.74) is 3.13. The van der Waals surface area contributed by atoms with Gasteiger partial charge in [-0.05, 0) is 44.4 Å². The van der Waals surface area contributed by atoms with E-state index >= 15 is 0 Å². The Labute approximate surface area is 110 Å². The molecule has 1 N–H and O–H groups in total. The quantitative estimate of drug-likeness (QED) is 0.875. The van der Waals surface area contributed by atoms with E-state index in [0.717, 1.165) is 12.5 Å². The minimum absolute atomic E-state index is 0.696. The van der Waals surface area contributed by atoms with Gasteiger partial charge in [-0.15, -0.1) is 0 Å². The van der Waals surface area contributed by atoms with E-state index in [1.807, 2.05) is 0 Å². The summed E-state index contributed by atoms with van der Waals surface area (Å²) < 4.78 is 0. The van der Waals surface area contributed by atoms with E-state index in [1.54, 1.807) is 11.1 Å². The van der Waals surface area contributed by atoms with Gasteiger partial charge in [0.1, 0.15) is 0 Å². The molecule has 0 saturated carbocycles. The molecule has 0 aromatic heterocycles. The summed E-state index contributed by atoms with van der Waals surface area (Å²) in [6.45, 7) is 8.24. The van der Waals surface area contributed by atoms with Crippen molar-refractivity contribution in [3.63, 3.8) is 0 Å². The molecule has 1 heterocycles. The summed E-state index contributed by atoms with van der Waals surface area (Å²) in [7, 11) is 0. The Kier molecular flexibility index (Phi) is 3.40. The van der Waals surface area contributed by atoms with E-state index in [-0.39, 0.29) is 0 Å². The molecular weight excluding hydrogens is 220 g/mol. The van der Waals surface area contributed by atoms with Crippen LogP contribution in [0.2, 0.25) is 0 Å². The van der Waals surface area contributed by atoms with Crippen LogP contribution in [0.4, 0.5) is 0 Å². The van der Waals surface area contributed by atoms with E-state index < -0.39 is 0 Å². The number of nitrogens with one attached hydrogen (secondary N) is 1. The van der Waals surface area contributed by atoms with Gasteiger partial charge in [-0.1, -0.05) is 24.3 Å². The van der Waals surface area contributed by atoms with Crippen LogP contribution < -0.4 is 5.32 Å². The van der Waals surface area contributed by atoms with Crippen molar-refractivity contribution in [1.82, 2.24) is 10.2 Å². The summed E-state index contributed by atoms with van der Waals surface area (Å²) in [5, 5.41) is 3.77. The fraction of sp³-hybridized carbons (Fsp3) is 0.625. The van der Waals surface area contributed by atoms with Crippen molar-refractivity contribution < 1.29 is 0 Å². The van der Waals surface area contributed by atoms with Gasteiger partial charge in [-0.2, -0.15) is 0 Å². The number of likely N-dealkylation sites (tertiary alicyclic amines) is 1. The Bertz CT molecular complexity index is 413. The first-order valence-electron chi connectivity index (χ1n) is 7.29. The molecule has 0 bridgehead atoms. The van der Waals surface area contributed by atoms with Gasteiger partial charge >= 0.3 is 0 Å². The number of benzene rings is 1. The smallest absolute Gasteiger partial charge is 0.0207 e. The van der Waals surface area contributed by atoms with Crippen molar-refractivity contribution in [2.24, 2.45) is 0 Å². The van der Waals surface area contributed by atoms with Crippen LogP contribution in [0.15, 0.2) is 24.3 Å². The van der Waals surface area contributed by atoms with Gasteiger partial charge in [0.2, 0.25) is 0 Å². The van der Waals surface area contributed by atoms with Gasteiger partial charge in [0, 0.05) is 31.1 Å². The van der Waals surface area contributed by atoms with Crippen molar-refractivity contribution in [2.75, 3.05) is 19.6 Å². The van der Waals surface area contributed by atoms with Gasteiger partial charge < -0.3 is 5.32 Å². The molecule has 1 aliphatic heterocycles. The maximum atomic E-state index is 3.77. The minimum Gasteiger partial charge on any atom is -0.312 e. The van der Waals surface area contributed by atoms with Crippen LogP contribution in [-0.4, -0.2) is 36.6 Å². The van der Waals surface area contributed by atoms with Crippen LogP contribution >= 0.6 is 0 Å². The molecule has 2 unspecified atom stereocenters. The second-order valence-corrected chi connectivity index (χ2v) is 6.08. The Morgan fingerprint density at radius 3 is 2.89 bits per heavy atom. The van der Waals surface area contributed by atoms with Crippen molar-refractivity contribution >= 4 is 0 Å². The maximum Gasteiger partial charge on any atom is 0.0207 e. The average molecular weight is 244 g/mol. The molecule has 0 amide bonds. The molecule has 2 aliphatic rings. The number of rotatable bonds is 4. The Morgan fingerprint density at radius 1 is 1.33 bits per heavy atom. The molecule has 2 heteroatoms.